The van der Waals surface area contributed by atoms with Gasteiger partial charge in [-0.15, -0.1) is 0 Å². The molecule has 7 heteroatoms. The summed E-state index contributed by atoms with van der Waals surface area (Å²) < 4.78 is 0. The molecule has 2 saturated heterocycles. The third-order valence-corrected chi connectivity index (χ3v) is 2.50. The molecule has 0 aromatic rings. The number of likely N-dealkylation sites (N-methyl/N-ethyl adjacent to an activating group) is 2. The SMILES string of the molecule is CN1C(=O)NC2C(NC(=O)N2C)C1=O. The van der Waals surface area contributed by atoms with Crippen molar-refractivity contribution in [1.82, 2.24) is 20.4 Å². The average molecular weight is 198 g/mol. The second kappa shape index (κ2) is 2.60. The molecule has 2 fully saturated rings. The molecule has 2 rings (SSSR count). The lowest BCUT2D eigenvalue weighted by molar-refractivity contribution is -0.131. The minimum atomic E-state index is -0.671. The van der Waals surface area contributed by atoms with Gasteiger partial charge in [0.1, 0.15) is 12.2 Å². The Morgan fingerprint density at radius 2 is 1.71 bits per heavy atom. The lowest BCUT2D eigenvalue weighted by Crippen LogP contribution is -2.64. The van der Waals surface area contributed by atoms with Gasteiger partial charge in [0.2, 0.25) is 0 Å². The molecule has 0 aromatic heterocycles. The van der Waals surface area contributed by atoms with E-state index in [1.165, 1.54) is 19.0 Å². The van der Waals surface area contributed by atoms with Gasteiger partial charge in [-0.25, -0.2) is 9.59 Å². The highest BCUT2D eigenvalue weighted by molar-refractivity contribution is 6.03. The van der Waals surface area contributed by atoms with Crippen LogP contribution in [0.15, 0.2) is 0 Å². The smallest absolute Gasteiger partial charge is 0.322 e. The predicted octanol–water partition coefficient (Wildman–Crippen LogP) is -1.48. The number of nitrogens with zero attached hydrogens (tertiary/aromatic N) is 2. The van der Waals surface area contributed by atoms with Crippen molar-refractivity contribution >= 4 is 18.0 Å². The van der Waals surface area contributed by atoms with Crippen LogP contribution in [-0.2, 0) is 4.79 Å². The van der Waals surface area contributed by atoms with E-state index in [9.17, 15) is 14.4 Å². The summed E-state index contributed by atoms with van der Waals surface area (Å²) in [6.45, 7) is 0. The maximum absolute atomic E-state index is 11.5. The number of hydrogen-bond donors (Lipinski definition) is 2. The third kappa shape index (κ3) is 0.949. The molecule has 14 heavy (non-hydrogen) atoms. The van der Waals surface area contributed by atoms with Gasteiger partial charge in [0, 0.05) is 14.1 Å². The van der Waals surface area contributed by atoms with Crippen molar-refractivity contribution in [3.8, 4) is 0 Å². The molecule has 2 unspecified atom stereocenters. The molecule has 2 atom stereocenters. The standard InChI is InChI=1S/C7H10N4O3/c1-10-4-3(8-6(10)13)5(12)11(2)7(14)9-4/h3-4H,1-2H3,(H,8,13)(H,9,14). The number of fused-ring (bicyclic) bond motifs is 1. The third-order valence-electron chi connectivity index (χ3n) is 2.50. The van der Waals surface area contributed by atoms with Crippen LogP contribution in [0.4, 0.5) is 9.59 Å². The molecule has 7 nitrogen and oxygen atoms in total. The van der Waals surface area contributed by atoms with Crippen LogP contribution in [0.5, 0.6) is 0 Å². The van der Waals surface area contributed by atoms with Crippen molar-refractivity contribution in [3.63, 3.8) is 0 Å². The lowest BCUT2D eigenvalue weighted by Gasteiger charge is -2.32. The second-order valence-electron chi connectivity index (χ2n) is 3.33. The van der Waals surface area contributed by atoms with E-state index in [2.05, 4.69) is 10.6 Å². The Hall–Kier alpha value is -1.79. The Morgan fingerprint density at radius 1 is 1.07 bits per heavy atom. The van der Waals surface area contributed by atoms with Gasteiger partial charge in [-0.05, 0) is 0 Å². The fraction of sp³-hybridized carbons (Fsp3) is 0.571. The summed E-state index contributed by atoms with van der Waals surface area (Å²) in [5.41, 5.74) is 0. The Labute approximate surface area is 80.0 Å². The number of imide groups is 1. The number of carbonyl (C=O) groups is 3. The largest absolute Gasteiger partial charge is 0.325 e. The summed E-state index contributed by atoms with van der Waals surface area (Å²) in [4.78, 5) is 36.2. The van der Waals surface area contributed by atoms with Crippen molar-refractivity contribution in [2.24, 2.45) is 0 Å². The quantitative estimate of drug-likeness (QED) is 0.498. The van der Waals surface area contributed by atoms with Gasteiger partial charge < -0.3 is 15.5 Å². The summed E-state index contributed by atoms with van der Waals surface area (Å²) >= 11 is 0. The van der Waals surface area contributed by atoms with Crippen molar-refractivity contribution in [1.29, 1.82) is 0 Å². The maximum atomic E-state index is 11.5. The first kappa shape index (κ1) is 8.79. The van der Waals surface area contributed by atoms with Crippen molar-refractivity contribution < 1.29 is 14.4 Å². The first-order chi connectivity index (χ1) is 6.52. The van der Waals surface area contributed by atoms with Gasteiger partial charge in [-0.3, -0.25) is 9.69 Å². The second-order valence-corrected chi connectivity index (χ2v) is 3.33. The van der Waals surface area contributed by atoms with Crippen molar-refractivity contribution in [2.75, 3.05) is 14.1 Å². The van der Waals surface area contributed by atoms with Crippen LogP contribution in [0, 0.1) is 0 Å². The maximum Gasteiger partial charge on any atom is 0.325 e. The van der Waals surface area contributed by atoms with Crippen molar-refractivity contribution in [2.45, 2.75) is 12.2 Å². The van der Waals surface area contributed by atoms with Crippen LogP contribution >= 0.6 is 0 Å². The van der Waals surface area contributed by atoms with Crippen LogP contribution in [0.3, 0.4) is 0 Å². The number of amides is 5. The van der Waals surface area contributed by atoms with E-state index in [-0.39, 0.29) is 6.03 Å². The summed E-state index contributed by atoms with van der Waals surface area (Å²) in [6, 6.07) is -1.52. The minimum absolute atomic E-state index is 0.357. The van der Waals surface area contributed by atoms with E-state index in [0.717, 1.165) is 4.90 Å². The normalized spacial score (nSPS) is 31.4. The summed E-state index contributed by atoms with van der Waals surface area (Å²) in [6.07, 6.45) is -0.571. The van der Waals surface area contributed by atoms with Crippen LogP contribution in [0.1, 0.15) is 0 Å². The number of carbonyl (C=O) groups excluding carboxylic acids is 3. The molecule has 0 radical (unpaired) electrons. The molecule has 2 aliphatic rings. The number of hydrogen-bond acceptors (Lipinski definition) is 3. The molecule has 0 spiro atoms. The summed E-state index contributed by atoms with van der Waals surface area (Å²) in [5, 5.41) is 5.03. The first-order valence-electron chi connectivity index (χ1n) is 4.14. The molecule has 5 amide bonds. The topological polar surface area (TPSA) is 81.8 Å². The van der Waals surface area contributed by atoms with E-state index in [1.54, 1.807) is 0 Å². The van der Waals surface area contributed by atoms with Gasteiger partial charge in [0.05, 0.1) is 0 Å². The molecule has 2 N–H and O–H groups in total. The number of rotatable bonds is 0. The van der Waals surface area contributed by atoms with E-state index in [4.69, 9.17) is 0 Å². The predicted molar refractivity (Wildman–Crippen MR) is 45.2 cm³/mol. The van der Waals surface area contributed by atoms with Crippen LogP contribution in [0.2, 0.25) is 0 Å². The molecular weight excluding hydrogens is 188 g/mol. The Morgan fingerprint density at radius 3 is 2.36 bits per heavy atom. The Balaban J connectivity index is 2.30. The fourth-order valence-corrected chi connectivity index (χ4v) is 1.57. The Kier molecular flexibility index (Phi) is 1.63. The van der Waals surface area contributed by atoms with Gasteiger partial charge in [-0.1, -0.05) is 0 Å². The van der Waals surface area contributed by atoms with E-state index in [1.807, 2.05) is 0 Å². The lowest BCUT2D eigenvalue weighted by atomic mass is 10.2. The monoisotopic (exact) mass is 198 g/mol. The van der Waals surface area contributed by atoms with E-state index < -0.39 is 24.1 Å². The zero-order chi connectivity index (χ0) is 10.5. The molecule has 0 aliphatic carbocycles. The van der Waals surface area contributed by atoms with Gasteiger partial charge >= 0.3 is 12.1 Å². The molecule has 2 aliphatic heterocycles. The van der Waals surface area contributed by atoms with Gasteiger partial charge in [0.15, 0.2) is 0 Å². The highest BCUT2D eigenvalue weighted by atomic mass is 16.2. The molecule has 0 aromatic carbocycles. The molecule has 0 saturated carbocycles. The minimum Gasteiger partial charge on any atom is -0.322 e. The van der Waals surface area contributed by atoms with Crippen LogP contribution < -0.4 is 10.6 Å². The fourth-order valence-electron chi connectivity index (χ4n) is 1.57. The van der Waals surface area contributed by atoms with Gasteiger partial charge in [-0.2, -0.15) is 0 Å². The first-order valence-corrected chi connectivity index (χ1v) is 4.14. The van der Waals surface area contributed by atoms with E-state index >= 15 is 0 Å². The number of urea groups is 2. The summed E-state index contributed by atoms with van der Waals surface area (Å²) in [5.74, 6) is -0.392. The van der Waals surface area contributed by atoms with Crippen LogP contribution in [0.25, 0.3) is 0 Å². The highest BCUT2D eigenvalue weighted by Crippen LogP contribution is 2.15. The molecule has 76 valence electrons. The summed E-state index contributed by atoms with van der Waals surface area (Å²) in [7, 11) is 2.90. The highest BCUT2D eigenvalue weighted by Gasteiger charge is 2.48. The molecular formula is C7H10N4O3. The van der Waals surface area contributed by atoms with Crippen LogP contribution in [-0.4, -0.2) is 54.1 Å². The zero-order valence-corrected chi connectivity index (χ0v) is 7.77. The average Bonchev–Trinajstić information content (AvgIpc) is 2.42. The molecule has 2 heterocycles. The van der Waals surface area contributed by atoms with Gasteiger partial charge in [0.25, 0.3) is 5.91 Å². The Bertz CT molecular complexity index is 329. The number of nitrogens with one attached hydrogen (secondary N) is 2. The van der Waals surface area contributed by atoms with E-state index in [0.29, 0.717) is 0 Å². The zero-order valence-electron chi connectivity index (χ0n) is 7.77. The van der Waals surface area contributed by atoms with Crippen molar-refractivity contribution in [3.05, 3.63) is 0 Å². The molecule has 0 bridgehead atoms.